The highest BCUT2D eigenvalue weighted by Crippen LogP contribution is 2.32. The van der Waals surface area contributed by atoms with Crippen LogP contribution in [0.4, 0.5) is 0 Å². The van der Waals surface area contributed by atoms with Crippen LogP contribution in [-0.4, -0.2) is 29.1 Å². The van der Waals surface area contributed by atoms with Gasteiger partial charge >= 0.3 is 0 Å². The minimum absolute atomic E-state index is 0.000839. The molecule has 0 aromatic heterocycles. The zero-order chi connectivity index (χ0) is 14.7. The average Bonchev–Trinajstić information content (AvgIpc) is 2.58. The van der Waals surface area contributed by atoms with Crippen molar-refractivity contribution < 1.29 is 4.79 Å². The van der Waals surface area contributed by atoms with Crippen LogP contribution in [0.3, 0.4) is 0 Å². The Hall–Kier alpha value is -1.00. The summed E-state index contributed by atoms with van der Waals surface area (Å²) in [6, 6.07) is 8.65. The van der Waals surface area contributed by atoms with Crippen molar-refractivity contribution in [1.82, 2.24) is 4.90 Å². The van der Waals surface area contributed by atoms with Gasteiger partial charge in [0.05, 0.1) is 6.04 Å². The van der Waals surface area contributed by atoms with Gasteiger partial charge in [-0.15, -0.1) is 11.8 Å². The van der Waals surface area contributed by atoms with Gasteiger partial charge in [0.25, 0.3) is 0 Å². The summed E-state index contributed by atoms with van der Waals surface area (Å²) in [5.74, 6) is 0.229. The maximum atomic E-state index is 12.4. The van der Waals surface area contributed by atoms with Crippen LogP contribution >= 0.6 is 11.8 Å². The predicted octanol–water partition coefficient (Wildman–Crippen LogP) is 3.20. The highest BCUT2D eigenvalue weighted by atomic mass is 32.2. The van der Waals surface area contributed by atoms with E-state index in [1.807, 2.05) is 4.90 Å². The van der Waals surface area contributed by atoms with Crippen LogP contribution in [0.5, 0.6) is 0 Å². The zero-order valence-electron chi connectivity index (χ0n) is 12.5. The number of benzene rings is 1. The Morgan fingerprint density at radius 2 is 1.95 bits per heavy atom. The van der Waals surface area contributed by atoms with Gasteiger partial charge in [-0.3, -0.25) is 4.79 Å². The normalized spacial score (nSPS) is 24.1. The zero-order valence-corrected chi connectivity index (χ0v) is 13.3. The molecule has 3 nitrogen and oxygen atoms in total. The average molecular weight is 292 g/mol. The molecule has 0 bridgehead atoms. The molecule has 1 aromatic carbocycles. The van der Waals surface area contributed by atoms with E-state index in [0.717, 1.165) is 18.4 Å². The van der Waals surface area contributed by atoms with E-state index in [-0.39, 0.29) is 24.0 Å². The van der Waals surface area contributed by atoms with Gasteiger partial charge in [-0.1, -0.05) is 12.1 Å². The number of thioether (sulfide) groups is 1. The third kappa shape index (κ3) is 3.18. The summed E-state index contributed by atoms with van der Waals surface area (Å²) >= 11 is 1.72. The van der Waals surface area contributed by atoms with Crippen molar-refractivity contribution in [2.24, 2.45) is 5.73 Å². The molecule has 1 aromatic rings. The molecule has 110 valence electrons. The van der Waals surface area contributed by atoms with E-state index < -0.39 is 0 Å². The summed E-state index contributed by atoms with van der Waals surface area (Å²) in [5.41, 5.74) is 7.52. The standard InChI is InChI=1S/C16H24N2OS/c1-11(2)18-15(19)6-4-5-14(17)16(18)12-7-9-13(20-3)10-8-12/h7-11,14,16H,4-6,17H2,1-3H3. The molecule has 20 heavy (non-hydrogen) atoms. The molecule has 1 aliphatic heterocycles. The van der Waals surface area contributed by atoms with Gasteiger partial charge in [0.2, 0.25) is 5.91 Å². The van der Waals surface area contributed by atoms with Gasteiger partial charge < -0.3 is 10.6 Å². The Morgan fingerprint density at radius 1 is 1.30 bits per heavy atom. The molecule has 1 fully saturated rings. The Balaban J connectivity index is 2.37. The van der Waals surface area contributed by atoms with E-state index in [1.54, 1.807) is 11.8 Å². The number of carbonyl (C=O) groups excluding carboxylic acids is 1. The lowest BCUT2D eigenvalue weighted by Crippen LogP contribution is -2.45. The summed E-state index contributed by atoms with van der Waals surface area (Å²) < 4.78 is 0. The van der Waals surface area contributed by atoms with Gasteiger partial charge in [0, 0.05) is 23.4 Å². The molecule has 2 atom stereocenters. The lowest BCUT2D eigenvalue weighted by Gasteiger charge is -2.37. The predicted molar refractivity (Wildman–Crippen MR) is 84.8 cm³/mol. The molecule has 1 amide bonds. The summed E-state index contributed by atoms with van der Waals surface area (Å²) in [6.45, 7) is 4.14. The molecule has 1 saturated heterocycles. The molecule has 4 heteroatoms. The molecule has 0 spiro atoms. The highest BCUT2D eigenvalue weighted by Gasteiger charge is 2.34. The number of nitrogens with two attached hydrogens (primary N) is 1. The molecule has 2 unspecified atom stereocenters. The fraction of sp³-hybridized carbons (Fsp3) is 0.562. The van der Waals surface area contributed by atoms with Crippen LogP contribution in [0, 0.1) is 0 Å². The second kappa shape index (κ2) is 6.64. The Morgan fingerprint density at radius 3 is 2.50 bits per heavy atom. The second-order valence-corrected chi connectivity index (χ2v) is 6.55. The maximum Gasteiger partial charge on any atom is 0.223 e. The van der Waals surface area contributed by atoms with Crippen LogP contribution in [0.2, 0.25) is 0 Å². The quantitative estimate of drug-likeness (QED) is 0.870. The first-order valence-corrected chi connectivity index (χ1v) is 8.47. The summed E-state index contributed by atoms with van der Waals surface area (Å²) in [5, 5.41) is 0. The molecule has 2 rings (SSSR count). The third-order valence-corrected chi connectivity index (χ3v) is 4.68. The molecule has 1 heterocycles. The Bertz CT molecular complexity index is 458. The highest BCUT2D eigenvalue weighted by molar-refractivity contribution is 7.98. The first kappa shape index (κ1) is 15.4. The molecule has 0 radical (unpaired) electrons. The summed E-state index contributed by atoms with van der Waals surface area (Å²) in [4.78, 5) is 15.6. The number of likely N-dealkylation sites (tertiary alicyclic amines) is 1. The third-order valence-electron chi connectivity index (χ3n) is 3.93. The SMILES string of the molecule is CSc1ccc(C2C(N)CCCC(=O)N2C(C)C)cc1. The number of rotatable bonds is 3. The fourth-order valence-electron chi connectivity index (χ4n) is 2.96. The minimum atomic E-state index is 0.000839. The molecule has 0 aliphatic carbocycles. The van der Waals surface area contributed by atoms with Crippen molar-refractivity contribution >= 4 is 17.7 Å². The van der Waals surface area contributed by atoms with E-state index in [9.17, 15) is 4.79 Å². The van der Waals surface area contributed by atoms with E-state index >= 15 is 0 Å². The van der Waals surface area contributed by atoms with Crippen LogP contribution in [0.1, 0.15) is 44.7 Å². The van der Waals surface area contributed by atoms with E-state index in [1.165, 1.54) is 4.90 Å². The van der Waals surface area contributed by atoms with Gasteiger partial charge in [0.1, 0.15) is 0 Å². The minimum Gasteiger partial charge on any atom is -0.332 e. The van der Waals surface area contributed by atoms with Crippen molar-refractivity contribution in [1.29, 1.82) is 0 Å². The first-order valence-electron chi connectivity index (χ1n) is 7.25. The van der Waals surface area contributed by atoms with Crippen molar-refractivity contribution in [3.63, 3.8) is 0 Å². The summed E-state index contributed by atoms with van der Waals surface area (Å²) in [6.07, 6.45) is 4.48. The molecule has 2 N–H and O–H groups in total. The maximum absolute atomic E-state index is 12.4. The van der Waals surface area contributed by atoms with Crippen LogP contribution in [0.25, 0.3) is 0 Å². The smallest absolute Gasteiger partial charge is 0.223 e. The molecular weight excluding hydrogens is 268 g/mol. The monoisotopic (exact) mass is 292 g/mol. The van der Waals surface area contributed by atoms with Crippen molar-refractivity contribution in [3.05, 3.63) is 29.8 Å². The van der Waals surface area contributed by atoms with E-state index in [2.05, 4.69) is 44.4 Å². The van der Waals surface area contributed by atoms with Crippen LogP contribution < -0.4 is 5.73 Å². The van der Waals surface area contributed by atoms with Gasteiger partial charge in [-0.25, -0.2) is 0 Å². The number of hydrogen-bond donors (Lipinski definition) is 1. The van der Waals surface area contributed by atoms with Gasteiger partial charge in [0.15, 0.2) is 0 Å². The van der Waals surface area contributed by atoms with Crippen LogP contribution in [0.15, 0.2) is 29.2 Å². The molecular formula is C16H24N2OS. The van der Waals surface area contributed by atoms with E-state index in [0.29, 0.717) is 6.42 Å². The molecule has 1 aliphatic rings. The lowest BCUT2D eigenvalue weighted by molar-refractivity contribution is -0.135. The Kier molecular flexibility index (Phi) is 5.11. The van der Waals surface area contributed by atoms with Gasteiger partial charge in [-0.2, -0.15) is 0 Å². The van der Waals surface area contributed by atoms with Crippen molar-refractivity contribution in [2.45, 2.75) is 56.1 Å². The lowest BCUT2D eigenvalue weighted by atomic mass is 9.95. The number of amides is 1. The Labute approximate surface area is 125 Å². The van der Waals surface area contributed by atoms with Gasteiger partial charge in [-0.05, 0) is 50.6 Å². The number of carbonyl (C=O) groups is 1. The largest absolute Gasteiger partial charge is 0.332 e. The number of nitrogens with zero attached hydrogens (tertiary/aromatic N) is 1. The van der Waals surface area contributed by atoms with E-state index in [4.69, 9.17) is 5.73 Å². The van der Waals surface area contributed by atoms with Crippen molar-refractivity contribution in [2.75, 3.05) is 6.26 Å². The molecule has 0 saturated carbocycles. The number of hydrogen-bond acceptors (Lipinski definition) is 3. The van der Waals surface area contributed by atoms with Crippen LogP contribution in [-0.2, 0) is 4.79 Å². The second-order valence-electron chi connectivity index (χ2n) is 5.67. The first-order chi connectivity index (χ1) is 9.54. The fourth-order valence-corrected chi connectivity index (χ4v) is 3.36. The summed E-state index contributed by atoms with van der Waals surface area (Å²) in [7, 11) is 0. The topological polar surface area (TPSA) is 46.3 Å². The van der Waals surface area contributed by atoms with Crippen molar-refractivity contribution in [3.8, 4) is 0 Å².